The monoisotopic (exact) mass is 298 g/mol. The summed E-state index contributed by atoms with van der Waals surface area (Å²) >= 11 is 0. The predicted molar refractivity (Wildman–Crippen MR) is 83.8 cm³/mol. The average Bonchev–Trinajstić information content (AvgIpc) is 2.49. The van der Waals surface area contributed by atoms with Gasteiger partial charge in [-0.25, -0.2) is 9.59 Å². The van der Waals surface area contributed by atoms with Gasteiger partial charge in [0.2, 0.25) is 0 Å². The molecule has 22 heavy (non-hydrogen) atoms. The van der Waals surface area contributed by atoms with Crippen LogP contribution < -0.4 is 0 Å². The van der Waals surface area contributed by atoms with E-state index in [1.165, 1.54) is 25.0 Å². The van der Waals surface area contributed by atoms with E-state index in [0.29, 0.717) is 5.56 Å². The minimum atomic E-state index is -1.19. The van der Waals surface area contributed by atoms with Crippen molar-refractivity contribution >= 4 is 11.9 Å². The first-order valence-corrected chi connectivity index (χ1v) is 7.15. The van der Waals surface area contributed by atoms with Gasteiger partial charge in [0.15, 0.2) is 0 Å². The minimum absolute atomic E-state index is 0.100. The molecule has 0 saturated carbocycles. The Kier molecular flexibility index (Phi) is 7.29. The summed E-state index contributed by atoms with van der Waals surface area (Å²) in [6, 6.07) is 3.78. The van der Waals surface area contributed by atoms with Gasteiger partial charge in [-0.15, -0.1) is 0 Å². The fraction of sp³-hybridized carbons (Fsp3) is 0.333. The Morgan fingerprint density at radius 2 is 1.59 bits per heavy atom. The summed E-state index contributed by atoms with van der Waals surface area (Å²) in [6.45, 7) is 2.15. The number of unbranched alkanes of at least 4 members (excludes halogenated alkanes) is 4. The standard InChI is InChI=1S/C18H18O4/c1-2-3-4-5-6-7-8-9-10-14-11-15(17(19)20)13-16(12-14)18(21)22/h11-13H,2-6H2,1H3,(H,19,20)(H,21,22). The summed E-state index contributed by atoms with van der Waals surface area (Å²) in [5.74, 6) is 8.58. The Hall–Kier alpha value is -2.72. The van der Waals surface area contributed by atoms with Crippen LogP contribution in [0.1, 0.15) is 65.3 Å². The highest BCUT2D eigenvalue weighted by Crippen LogP contribution is 2.10. The van der Waals surface area contributed by atoms with Crippen LogP contribution in [0.25, 0.3) is 0 Å². The fourth-order valence-corrected chi connectivity index (χ4v) is 1.80. The van der Waals surface area contributed by atoms with Crippen molar-refractivity contribution in [2.75, 3.05) is 0 Å². The lowest BCUT2D eigenvalue weighted by molar-refractivity contribution is 0.0696. The van der Waals surface area contributed by atoms with Crippen LogP contribution in [0.4, 0.5) is 0 Å². The molecule has 0 aliphatic rings. The Morgan fingerprint density at radius 3 is 2.14 bits per heavy atom. The zero-order valence-electron chi connectivity index (χ0n) is 12.5. The molecule has 0 unspecified atom stereocenters. The van der Waals surface area contributed by atoms with Gasteiger partial charge in [0.1, 0.15) is 0 Å². The largest absolute Gasteiger partial charge is 0.478 e. The van der Waals surface area contributed by atoms with Gasteiger partial charge < -0.3 is 10.2 Å². The topological polar surface area (TPSA) is 74.6 Å². The molecule has 0 radical (unpaired) electrons. The summed E-state index contributed by atoms with van der Waals surface area (Å²) in [4.78, 5) is 21.9. The molecular formula is C18H18O4. The summed E-state index contributed by atoms with van der Waals surface area (Å²) in [5, 5.41) is 17.9. The van der Waals surface area contributed by atoms with Crippen molar-refractivity contribution in [2.45, 2.75) is 39.0 Å². The first-order chi connectivity index (χ1) is 10.5. The molecule has 2 N–H and O–H groups in total. The van der Waals surface area contributed by atoms with Crippen LogP contribution in [-0.2, 0) is 0 Å². The van der Waals surface area contributed by atoms with E-state index in [4.69, 9.17) is 10.2 Å². The highest BCUT2D eigenvalue weighted by molar-refractivity contribution is 5.94. The second kappa shape index (κ2) is 9.26. The molecule has 0 aliphatic carbocycles. The van der Waals surface area contributed by atoms with E-state index in [1.807, 2.05) is 0 Å². The molecule has 0 spiro atoms. The zero-order valence-corrected chi connectivity index (χ0v) is 12.5. The molecule has 0 aliphatic heterocycles. The van der Waals surface area contributed by atoms with Gasteiger partial charge in [-0.3, -0.25) is 0 Å². The maximum atomic E-state index is 11.0. The van der Waals surface area contributed by atoms with Gasteiger partial charge in [0.25, 0.3) is 0 Å². The van der Waals surface area contributed by atoms with Crippen molar-refractivity contribution in [1.82, 2.24) is 0 Å². The molecular weight excluding hydrogens is 280 g/mol. The third-order valence-corrected chi connectivity index (χ3v) is 2.94. The highest BCUT2D eigenvalue weighted by Gasteiger charge is 2.10. The van der Waals surface area contributed by atoms with E-state index in [1.54, 1.807) is 0 Å². The number of hydrogen-bond acceptors (Lipinski definition) is 2. The van der Waals surface area contributed by atoms with E-state index >= 15 is 0 Å². The van der Waals surface area contributed by atoms with Crippen molar-refractivity contribution in [3.8, 4) is 23.7 Å². The van der Waals surface area contributed by atoms with E-state index in [2.05, 4.69) is 30.6 Å². The lowest BCUT2D eigenvalue weighted by Gasteiger charge is -1.99. The van der Waals surface area contributed by atoms with Crippen LogP contribution in [0, 0.1) is 23.7 Å². The molecule has 0 heterocycles. The van der Waals surface area contributed by atoms with E-state index in [0.717, 1.165) is 25.3 Å². The number of carboxylic acids is 2. The number of hydrogen-bond donors (Lipinski definition) is 2. The predicted octanol–water partition coefficient (Wildman–Crippen LogP) is 3.41. The number of benzene rings is 1. The summed E-state index contributed by atoms with van der Waals surface area (Å²) in [7, 11) is 0. The molecule has 4 nitrogen and oxygen atoms in total. The van der Waals surface area contributed by atoms with E-state index in [9.17, 15) is 9.59 Å². The van der Waals surface area contributed by atoms with Crippen LogP contribution in [0.2, 0.25) is 0 Å². The highest BCUT2D eigenvalue weighted by atomic mass is 16.4. The molecule has 1 rings (SSSR count). The number of carbonyl (C=O) groups is 2. The van der Waals surface area contributed by atoms with Crippen LogP contribution in [0.15, 0.2) is 18.2 Å². The normalized spacial score (nSPS) is 9.14. The molecule has 4 heteroatoms. The lowest BCUT2D eigenvalue weighted by Crippen LogP contribution is -2.03. The SMILES string of the molecule is CCCCCCC#CC#Cc1cc(C(=O)O)cc(C(=O)O)c1. The Labute approximate surface area is 130 Å². The smallest absolute Gasteiger partial charge is 0.335 e. The molecule has 0 aromatic heterocycles. The molecule has 0 fully saturated rings. The van der Waals surface area contributed by atoms with E-state index in [-0.39, 0.29) is 11.1 Å². The van der Waals surface area contributed by atoms with Gasteiger partial charge in [0.05, 0.1) is 11.1 Å². The summed E-state index contributed by atoms with van der Waals surface area (Å²) in [6.07, 6.45) is 5.36. The first-order valence-electron chi connectivity index (χ1n) is 7.15. The second-order valence-corrected chi connectivity index (χ2v) is 4.77. The Bertz CT molecular complexity index is 634. The Morgan fingerprint density at radius 1 is 0.955 bits per heavy atom. The van der Waals surface area contributed by atoms with Crippen LogP contribution in [0.5, 0.6) is 0 Å². The van der Waals surface area contributed by atoms with Crippen molar-refractivity contribution in [3.63, 3.8) is 0 Å². The van der Waals surface area contributed by atoms with Crippen LogP contribution in [-0.4, -0.2) is 22.2 Å². The van der Waals surface area contributed by atoms with Gasteiger partial charge >= 0.3 is 11.9 Å². The van der Waals surface area contributed by atoms with Gasteiger partial charge in [-0.05, 0) is 36.5 Å². The average molecular weight is 298 g/mol. The second-order valence-electron chi connectivity index (χ2n) is 4.77. The number of carboxylic acid groups (broad SMARTS) is 2. The molecule has 0 amide bonds. The van der Waals surface area contributed by atoms with Crippen molar-refractivity contribution in [2.24, 2.45) is 0 Å². The van der Waals surface area contributed by atoms with Crippen molar-refractivity contribution in [3.05, 3.63) is 34.9 Å². The van der Waals surface area contributed by atoms with Crippen molar-refractivity contribution < 1.29 is 19.8 Å². The zero-order chi connectivity index (χ0) is 16.4. The van der Waals surface area contributed by atoms with Crippen LogP contribution >= 0.6 is 0 Å². The third-order valence-electron chi connectivity index (χ3n) is 2.94. The molecule has 1 aromatic rings. The molecule has 0 saturated heterocycles. The number of rotatable bonds is 6. The first kappa shape index (κ1) is 17.3. The number of aromatic carboxylic acids is 2. The molecule has 1 aromatic carbocycles. The van der Waals surface area contributed by atoms with Gasteiger partial charge in [-0.2, -0.15) is 0 Å². The Balaban J connectivity index is 2.77. The van der Waals surface area contributed by atoms with Crippen LogP contribution in [0.3, 0.4) is 0 Å². The fourth-order valence-electron chi connectivity index (χ4n) is 1.80. The summed E-state index contributed by atoms with van der Waals surface area (Å²) in [5.41, 5.74) is 0.131. The lowest BCUT2D eigenvalue weighted by atomic mass is 10.1. The molecule has 114 valence electrons. The van der Waals surface area contributed by atoms with Gasteiger partial charge in [-0.1, -0.05) is 38.0 Å². The minimum Gasteiger partial charge on any atom is -0.478 e. The molecule has 0 bridgehead atoms. The van der Waals surface area contributed by atoms with E-state index < -0.39 is 11.9 Å². The molecule has 0 atom stereocenters. The van der Waals surface area contributed by atoms with Crippen molar-refractivity contribution in [1.29, 1.82) is 0 Å². The maximum Gasteiger partial charge on any atom is 0.335 e. The third kappa shape index (κ3) is 6.15. The maximum absolute atomic E-state index is 11.0. The quantitative estimate of drug-likeness (QED) is 0.623. The van der Waals surface area contributed by atoms with Gasteiger partial charge in [0, 0.05) is 12.0 Å². The summed E-state index contributed by atoms with van der Waals surface area (Å²) < 4.78 is 0.